The number of esters is 1. The van der Waals surface area contributed by atoms with Crippen LogP contribution in [0.3, 0.4) is 0 Å². The zero-order valence-electron chi connectivity index (χ0n) is 29.2. The van der Waals surface area contributed by atoms with Crippen LogP contribution in [0.15, 0.2) is 116 Å². The van der Waals surface area contributed by atoms with Crippen LogP contribution < -0.4 is 26.4 Å². The third-order valence-electron chi connectivity index (χ3n) is 10.2. The summed E-state index contributed by atoms with van der Waals surface area (Å²) in [6, 6.07) is 27.6. The molecular formula is C42H39N5O7. The highest BCUT2D eigenvalue weighted by Gasteiger charge is 2.74. The number of urea groups is 1. The van der Waals surface area contributed by atoms with Gasteiger partial charge < -0.3 is 36.3 Å². The van der Waals surface area contributed by atoms with Crippen LogP contribution in [-0.2, 0) is 24.5 Å². The third-order valence-corrected chi connectivity index (χ3v) is 10.2. The van der Waals surface area contributed by atoms with Gasteiger partial charge in [-0.15, -0.1) is 6.58 Å². The highest BCUT2D eigenvalue weighted by Crippen LogP contribution is 2.65. The summed E-state index contributed by atoms with van der Waals surface area (Å²) in [4.78, 5) is 58.0. The average molecular weight is 726 g/mol. The molecule has 3 heterocycles. The number of carbonyl (C=O) groups is 4. The lowest BCUT2D eigenvalue weighted by molar-refractivity contribution is -0.178. The smallest absolute Gasteiger partial charge is 0.324 e. The molecule has 4 amide bonds. The first-order valence-electron chi connectivity index (χ1n) is 17.6. The van der Waals surface area contributed by atoms with Crippen molar-refractivity contribution in [2.75, 3.05) is 31.6 Å². The molecule has 2 fully saturated rings. The van der Waals surface area contributed by atoms with Crippen LogP contribution in [-0.4, -0.2) is 66.2 Å². The fourth-order valence-electron chi connectivity index (χ4n) is 8.20. The molecule has 4 aromatic rings. The number of amides is 4. The van der Waals surface area contributed by atoms with Crippen molar-refractivity contribution in [1.82, 2.24) is 15.5 Å². The molecule has 0 radical (unpaired) electrons. The summed E-state index contributed by atoms with van der Waals surface area (Å²) in [6.07, 6.45) is 0.692. The van der Waals surface area contributed by atoms with E-state index in [0.717, 1.165) is 11.1 Å². The maximum Gasteiger partial charge on any atom is 0.324 e. The van der Waals surface area contributed by atoms with Crippen molar-refractivity contribution in [3.63, 3.8) is 0 Å². The van der Waals surface area contributed by atoms with Crippen LogP contribution in [0.1, 0.15) is 46.0 Å². The lowest BCUT2D eigenvalue weighted by Gasteiger charge is -2.46. The van der Waals surface area contributed by atoms with Gasteiger partial charge >= 0.3 is 12.0 Å². The van der Waals surface area contributed by atoms with Gasteiger partial charge in [-0.3, -0.25) is 19.3 Å². The number of hydrogen-bond donors (Lipinski definition) is 5. The van der Waals surface area contributed by atoms with Gasteiger partial charge in [0.2, 0.25) is 11.8 Å². The van der Waals surface area contributed by atoms with E-state index in [1.54, 1.807) is 30.3 Å². The van der Waals surface area contributed by atoms with Gasteiger partial charge in [-0.05, 0) is 41.0 Å². The van der Waals surface area contributed by atoms with Crippen LogP contribution in [0.4, 0.5) is 10.5 Å². The molecule has 274 valence electrons. The maximum atomic E-state index is 15.2. The highest BCUT2D eigenvalue weighted by atomic mass is 16.6. The summed E-state index contributed by atoms with van der Waals surface area (Å²) in [7, 11) is 0. The van der Waals surface area contributed by atoms with Crippen molar-refractivity contribution in [2.45, 2.75) is 29.6 Å². The average Bonchev–Trinajstić information content (AvgIpc) is 3.66. The third kappa shape index (κ3) is 6.23. The van der Waals surface area contributed by atoms with E-state index in [1.165, 1.54) is 6.08 Å². The van der Waals surface area contributed by atoms with E-state index in [4.69, 9.17) is 15.2 Å². The number of nitrogens with zero attached hydrogens (tertiary/aromatic N) is 1. The molecule has 12 nitrogen and oxygen atoms in total. The topological polar surface area (TPSA) is 172 Å². The van der Waals surface area contributed by atoms with Gasteiger partial charge in [0.1, 0.15) is 29.9 Å². The van der Waals surface area contributed by atoms with Gasteiger partial charge in [0, 0.05) is 23.4 Å². The second-order valence-electron chi connectivity index (χ2n) is 13.1. The number of para-hydroxylation sites is 1. The Balaban J connectivity index is 1.55. The number of cyclic esters (lactones) is 1. The number of fused-ring (bicyclic) bond motifs is 3. The predicted octanol–water partition coefficient (Wildman–Crippen LogP) is 3.65. The monoisotopic (exact) mass is 725 g/mol. The molecule has 1 spiro atoms. The second-order valence-corrected chi connectivity index (χ2v) is 13.1. The Morgan fingerprint density at radius 3 is 2.37 bits per heavy atom. The Bertz CT molecular complexity index is 2150. The van der Waals surface area contributed by atoms with Gasteiger partial charge in [0.05, 0.1) is 31.2 Å². The molecule has 6 N–H and O–H groups in total. The number of rotatable bonds is 10. The van der Waals surface area contributed by atoms with Crippen molar-refractivity contribution in [2.24, 2.45) is 11.7 Å². The molecule has 2 saturated heterocycles. The Kier molecular flexibility index (Phi) is 10.2. The van der Waals surface area contributed by atoms with Gasteiger partial charge in [0.25, 0.3) is 0 Å². The molecule has 0 bridgehead atoms. The summed E-state index contributed by atoms with van der Waals surface area (Å²) in [5, 5.41) is 18.2. The summed E-state index contributed by atoms with van der Waals surface area (Å²) in [5.41, 5.74) is 6.92. The lowest BCUT2D eigenvalue weighted by atomic mass is 9.65. The fourth-order valence-corrected chi connectivity index (χ4v) is 8.20. The molecule has 0 unspecified atom stereocenters. The van der Waals surface area contributed by atoms with Crippen molar-refractivity contribution in [3.8, 4) is 17.6 Å². The summed E-state index contributed by atoms with van der Waals surface area (Å²) < 4.78 is 12.6. The van der Waals surface area contributed by atoms with Crippen molar-refractivity contribution >= 4 is 29.5 Å². The number of carbonyl (C=O) groups excluding carboxylic acids is 4. The molecule has 6 atom stereocenters. The second kappa shape index (κ2) is 15.3. The van der Waals surface area contributed by atoms with E-state index in [0.29, 0.717) is 28.1 Å². The normalized spacial score (nSPS) is 23.9. The van der Waals surface area contributed by atoms with E-state index in [-0.39, 0.29) is 26.3 Å². The van der Waals surface area contributed by atoms with E-state index in [1.807, 2.05) is 77.7 Å². The number of nitrogens with one attached hydrogen (secondary N) is 3. The van der Waals surface area contributed by atoms with Crippen molar-refractivity contribution < 1.29 is 33.8 Å². The first-order chi connectivity index (χ1) is 26.3. The number of ether oxygens (including phenoxy) is 2. The van der Waals surface area contributed by atoms with E-state index < -0.39 is 59.4 Å². The van der Waals surface area contributed by atoms with Gasteiger partial charge in [-0.1, -0.05) is 96.8 Å². The maximum absolute atomic E-state index is 15.2. The van der Waals surface area contributed by atoms with Crippen LogP contribution >= 0.6 is 0 Å². The number of nitrogens with two attached hydrogens (primary N) is 1. The van der Waals surface area contributed by atoms with E-state index in [2.05, 4.69) is 34.4 Å². The molecule has 7 rings (SSSR count). The minimum atomic E-state index is -1.76. The quantitative estimate of drug-likeness (QED) is 0.0937. The Hall–Kier alpha value is -6.42. The standard InChI is InChI=1S/C42H39N5O7/c1-2-21-44-38(49)33-35-39(50)54-36(28-15-7-4-8-16-28)34(27-13-5-3-6-14-27)47(35)37(29-17-9-10-18-32(29)53-24-23-48)42(33)30-25-26(12-11-22-45-41(43)52)19-20-31(30)46-40(42)51/h2-10,13-20,25,33-37,48H,1,21-24H2,(H,44,49)(H,46,51)(H3,43,45,52)/t33-,34-,35-,36+,37+,42-/m1/s1. The molecule has 0 aliphatic carbocycles. The Labute approximate surface area is 312 Å². The van der Waals surface area contributed by atoms with Crippen LogP contribution in [0.2, 0.25) is 0 Å². The lowest BCUT2D eigenvalue weighted by Crippen LogP contribution is -2.54. The number of anilines is 1. The molecule has 54 heavy (non-hydrogen) atoms. The summed E-state index contributed by atoms with van der Waals surface area (Å²) in [5.74, 6) is 3.24. The van der Waals surface area contributed by atoms with E-state index in [9.17, 15) is 19.5 Å². The Morgan fingerprint density at radius 2 is 1.67 bits per heavy atom. The number of primary amides is 1. The van der Waals surface area contributed by atoms with E-state index >= 15 is 4.79 Å². The molecule has 0 aromatic heterocycles. The van der Waals surface area contributed by atoms with Crippen molar-refractivity contribution in [3.05, 3.63) is 144 Å². The van der Waals surface area contributed by atoms with Crippen LogP contribution in [0.25, 0.3) is 0 Å². The Morgan fingerprint density at radius 1 is 0.963 bits per heavy atom. The van der Waals surface area contributed by atoms with Crippen LogP contribution in [0.5, 0.6) is 5.75 Å². The minimum absolute atomic E-state index is 0.0131. The molecular weight excluding hydrogens is 686 g/mol. The minimum Gasteiger partial charge on any atom is -0.491 e. The number of morpholine rings is 1. The van der Waals surface area contributed by atoms with Crippen LogP contribution in [0, 0.1) is 17.8 Å². The van der Waals surface area contributed by atoms with Crippen molar-refractivity contribution in [1.29, 1.82) is 0 Å². The molecule has 0 saturated carbocycles. The fraction of sp³-hybridized carbons (Fsp3) is 0.238. The molecule has 4 aromatic carbocycles. The summed E-state index contributed by atoms with van der Waals surface area (Å²) in [6.45, 7) is 3.53. The number of hydrogen-bond acceptors (Lipinski definition) is 8. The zero-order valence-corrected chi connectivity index (χ0v) is 29.2. The zero-order chi connectivity index (χ0) is 37.8. The number of aliphatic hydroxyl groups is 1. The van der Waals surface area contributed by atoms with Gasteiger partial charge in [0.15, 0.2) is 0 Å². The first kappa shape index (κ1) is 36.0. The SMILES string of the molecule is C=CCNC(=O)[C@H]1[C@@H]2C(=O)O[C@@H](c3ccccc3)[C@@H](c3ccccc3)N2[C@@H](c2ccccc2OCCO)[C@]12C(=O)Nc1ccc(C#CCNC(N)=O)cc12. The molecule has 12 heteroatoms. The molecule has 3 aliphatic rings. The number of benzene rings is 4. The molecule has 3 aliphatic heterocycles. The summed E-state index contributed by atoms with van der Waals surface area (Å²) >= 11 is 0. The highest BCUT2D eigenvalue weighted by molar-refractivity contribution is 6.12. The largest absolute Gasteiger partial charge is 0.491 e. The number of aliphatic hydroxyl groups excluding tert-OH is 1. The van der Waals surface area contributed by atoms with Gasteiger partial charge in [-0.25, -0.2) is 4.79 Å². The first-order valence-corrected chi connectivity index (χ1v) is 17.6. The predicted molar refractivity (Wildman–Crippen MR) is 200 cm³/mol. The van der Waals surface area contributed by atoms with Gasteiger partial charge in [-0.2, -0.15) is 0 Å².